The van der Waals surface area contributed by atoms with Crippen LogP contribution < -0.4 is 20.3 Å². The average molecular weight is 389 g/mol. The molecule has 8 nitrogen and oxygen atoms in total. The molecule has 4 heterocycles. The molecule has 1 atom stereocenters. The van der Waals surface area contributed by atoms with Crippen molar-refractivity contribution in [1.82, 2.24) is 9.78 Å². The van der Waals surface area contributed by atoms with Crippen LogP contribution in [0.3, 0.4) is 0 Å². The topological polar surface area (TPSA) is 94.6 Å². The summed E-state index contributed by atoms with van der Waals surface area (Å²) >= 11 is 1.44. The number of aromatic nitrogens is 2. The third-order valence-electron chi connectivity index (χ3n) is 5.12. The van der Waals surface area contributed by atoms with Crippen LogP contribution in [-0.2, 0) is 9.53 Å². The molecule has 0 bridgehead atoms. The molecule has 1 aromatic heterocycles. The van der Waals surface area contributed by atoms with E-state index >= 15 is 0 Å². The summed E-state index contributed by atoms with van der Waals surface area (Å²) in [5.74, 6) is 2.11. The molecule has 9 heteroatoms. The monoisotopic (exact) mass is 389 g/mol. The lowest BCUT2D eigenvalue weighted by atomic mass is 10.0. The zero-order valence-corrected chi connectivity index (χ0v) is 15.3. The lowest BCUT2D eigenvalue weighted by Gasteiger charge is -2.25. The summed E-state index contributed by atoms with van der Waals surface area (Å²) in [5.41, 5.74) is 1.32. The molecule has 0 spiro atoms. The first kappa shape index (κ1) is 16.8. The highest BCUT2D eigenvalue weighted by molar-refractivity contribution is 8.00. The summed E-state index contributed by atoms with van der Waals surface area (Å²) in [6.45, 7) is 1.49. The quantitative estimate of drug-likeness (QED) is 0.816. The third-order valence-corrected chi connectivity index (χ3v) is 6.39. The van der Waals surface area contributed by atoms with Gasteiger partial charge in [-0.15, -0.1) is 11.8 Å². The largest absolute Gasteiger partial charge is 0.454 e. The molecule has 0 aliphatic carbocycles. The molecule has 5 rings (SSSR count). The van der Waals surface area contributed by atoms with Gasteiger partial charge in [-0.3, -0.25) is 19.4 Å². The van der Waals surface area contributed by atoms with Gasteiger partial charge in [0.15, 0.2) is 11.5 Å². The highest BCUT2D eigenvalue weighted by Crippen LogP contribution is 2.44. The van der Waals surface area contributed by atoms with E-state index in [4.69, 9.17) is 14.2 Å². The van der Waals surface area contributed by atoms with E-state index in [9.17, 15) is 9.59 Å². The Hall–Kier alpha value is -2.39. The van der Waals surface area contributed by atoms with Gasteiger partial charge in [-0.25, -0.2) is 0 Å². The molecule has 1 aromatic carbocycles. The number of nitrogens with one attached hydrogen (secondary N) is 2. The third kappa shape index (κ3) is 2.90. The van der Waals surface area contributed by atoms with Gasteiger partial charge in [0.2, 0.25) is 12.7 Å². The van der Waals surface area contributed by atoms with Crippen LogP contribution in [0.1, 0.15) is 35.3 Å². The Labute approximate surface area is 159 Å². The molecule has 3 aliphatic heterocycles. The van der Waals surface area contributed by atoms with E-state index in [0.29, 0.717) is 36.1 Å². The summed E-state index contributed by atoms with van der Waals surface area (Å²) in [6, 6.07) is 5.78. The second-order valence-electron chi connectivity index (χ2n) is 6.77. The van der Waals surface area contributed by atoms with Crippen molar-refractivity contribution in [3.63, 3.8) is 0 Å². The molecular weight excluding hydrogens is 370 g/mol. The molecule has 2 N–H and O–H groups in total. The molecule has 1 fully saturated rings. The zero-order chi connectivity index (χ0) is 18.4. The minimum atomic E-state index is -0.265. The smallest absolute Gasteiger partial charge is 0.270 e. The average Bonchev–Trinajstić information content (AvgIpc) is 3.23. The SMILES string of the molecule is O=C1CSC(c2ccc3c(c2)OCO3)c2c(n(C3CCOCC3)[nH]c2=O)N1. The maximum Gasteiger partial charge on any atom is 0.270 e. The molecule has 1 unspecified atom stereocenters. The van der Waals surface area contributed by atoms with E-state index in [1.807, 2.05) is 22.9 Å². The second kappa shape index (κ2) is 6.65. The number of hydrogen-bond acceptors (Lipinski definition) is 6. The van der Waals surface area contributed by atoms with E-state index < -0.39 is 0 Å². The molecule has 27 heavy (non-hydrogen) atoms. The number of anilines is 1. The van der Waals surface area contributed by atoms with Crippen LogP contribution in [0.2, 0.25) is 0 Å². The maximum atomic E-state index is 12.9. The Morgan fingerprint density at radius 3 is 2.78 bits per heavy atom. The van der Waals surface area contributed by atoms with Gasteiger partial charge in [0.1, 0.15) is 5.82 Å². The molecular formula is C18H19N3O5S. The number of fused-ring (bicyclic) bond motifs is 2. The van der Waals surface area contributed by atoms with Crippen molar-refractivity contribution in [3.05, 3.63) is 39.7 Å². The van der Waals surface area contributed by atoms with Gasteiger partial charge in [0.05, 0.1) is 22.6 Å². The Morgan fingerprint density at radius 2 is 1.93 bits per heavy atom. The fourth-order valence-corrected chi connectivity index (χ4v) is 4.92. The van der Waals surface area contributed by atoms with Gasteiger partial charge >= 0.3 is 0 Å². The molecule has 1 saturated heterocycles. The predicted molar refractivity (Wildman–Crippen MR) is 99.6 cm³/mol. The standard InChI is InChI=1S/C18H19N3O5S/c22-14-8-27-16(10-1-2-12-13(7-10)26-9-25-12)15-17(19-14)21(20-18(15)23)11-3-5-24-6-4-11/h1-2,7,11,16H,3-6,8-9H2,(H,19,22)(H,20,23). The summed E-state index contributed by atoms with van der Waals surface area (Å²) in [6.07, 6.45) is 1.60. The van der Waals surface area contributed by atoms with Crippen molar-refractivity contribution in [2.75, 3.05) is 31.1 Å². The number of H-pyrrole nitrogens is 1. The Bertz CT molecular complexity index is 947. The second-order valence-corrected chi connectivity index (χ2v) is 7.86. The van der Waals surface area contributed by atoms with Crippen molar-refractivity contribution in [1.29, 1.82) is 0 Å². The first-order valence-electron chi connectivity index (χ1n) is 8.94. The zero-order valence-electron chi connectivity index (χ0n) is 14.5. The highest BCUT2D eigenvalue weighted by atomic mass is 32.2. The van der Waals surface area contributed by atoms with Crippen LogP contribution in [-0.4, -0.2) is 41.4 Å². The van der Waals surface area contributed by atoms with E-state index in [0.717, 1.165) is 18.4 Å². The van der Waals surface area contributed by atoms with Crippen molar-refractivity contribution in [2.24, 2.45) is 0 Å². The van der Waals surface area contributed by atoms with Gasteiger partial charge in [0, 0.05) is 13.2 Å². The Kier molecular flexibility index (Phi) is 4.13. The minimum absolute atomic E-state index is 0.107. The van der Waals surface area contributed by atoms with Crippen LogP contribution in [0.5, 0.6) is 11.5 Å². The number of carbonyl (C=O) groups is 1. The normalized spacial score (nSPS) is 22.2. The van der Waals surface area contributed by atoms with E-state index in [2.05, 4.69) is 10.4 Å². The number of aromatic amines is 1. The molecule has 142 valence electrons. The van der Waals surface area contributed by atoms with Gasteiger partial charge in [0.25, 0.3) is 5.56 Å². The van der Waals surface area contributed by atoms with Crippen molar-refractivity contribution < 1.29 is 19.0 Å². The Morgan fingerprint density at radius 1 is 1.11 bits per heavy atom. The number of ether oxygens (including phenoxy) is 3. The van der Waals surface area contributed by atoms with Crippen LogP contribution >= 0.6 is 11.8 Å². The first-order chi connectivity index (χ1) is 13.2. The van der Waals surface area contributed by atoms with Gasteiger partial charge < -0.3 is 19.5 Å². The number of rotatable bonds is 2. The van der Waals surface area contributed by atoms with Crippen LogP contribution in [0.15, 0.2) is 23.0 Å². The van der Waals surface area contributed by atoms with E-state index in [1.54, 1.807) is 0 Å². The summed E-state index contributed by atoms with van der Waals surface area (Å²) in [4.78, 5) is 25.2. The number of thioether (sulfide) groups is 1. The number of nitrogens with zero attached hydrogens (tertiary/aromatic N) is 1. The lowest BCUT2D eigenvalue weighted by molar-refractivity contribution is -0.113. The predicted octanol–water partition coefficient (Wildman–Crippen LogP) is 2.03. The van der Waals surface area contributed by atoms with Gasteiger partial charge in [-0.2, -0.15) is 0 Å². The minimum Gasteiger partial charge on any atom is -0.454 e. The number of carbonyl (C=O) groups excluding carboxylic acids is 1. The van der Waals surface area contributed by atoms with Gasteiger partial charge in [-0.1, -0.05) is 6.07 Å². The fraction of sp³-hybridized carbons (Fsp3) is 0.444. The fourth-order valence-electron chi connectivity index (χ4n) is 3.80. The summed E-state index contributed by atoms with van der Waals surface area (Å²) in [7, 11) is 0. The summed E-state index contributed by atoms with van der Waals surface area (Å²) < 4.78 is 18.1. The van der Waals surface area contributed by atoms with Gasteiger partial charge in [-0.05, 0) is 30.5 Å². The summed E-state index contributed by atoms with van der Waals surface area (Å²) in [5, 5.41) is 5.62. The number of hydrogen-bond donors (Lipinski definition) is 2. The van der Waals surface area contributed by atoms with E-state index in [-0.39, 0.29) is 35.3 Å². The molecule has 2 aromatic rings. The van der Waals surface area contributed by atoms with Crippen LogP contribution in [0.25, 0.3) is 0 Å². The number of benzene rings is 1. The molecule has 0 saturated carbocycles. The first-order valence-corrected chi connectivity index (χ1v) is 9.99. The number of amides is 1. The molecule has 3 aliphatic rings. The van der Waals surface area contributed by atoms with Crippen molar-refractivity contribution in [2.45, 2.75) is 24.1 Å². The lowest BCUT2D eigenvalue weighted by Crippen LogP contribution is -2.24. The molecule has 1 amide bonds. The van der Waals surface area contributed by atoms with Crippen molar-refractivity contribution >= 4 is 23.5 Å². The Balaban J connectivity index is 1.60. The maximum absolute atomic E-state index is 12.9. The highest BCUT2D eigenvalue weighted by Gasteiger charge is 2.33. The van der Waals surface area contributed by atoms with Crippen LogP contribution in [0, 0.1) is 0 Å². The van der Waals surface area contributed by atoms with Crippen LogP contribution in [0.4, 0.5) is 5.82 Å². The van der Waals surface area contributed by atoms with Crippen molar-refractivity contribution in [3.8, 4) is 11.5 Å². The molecule has 0 radical (unpaired) electrons. The van der Waals surface area contributed by atoms with E-state index in [1.165, 1.54) is 11.8 Å².